The number of hydrogen-bond acceptors (Lipinski definition) is 1. The molecule has 1 rings (SSSR count). The summed E-state index contributed by atoms with van der Waals surface area (Å²) in [5, 5.41) is 0. The summed E-state index contributed by atoms with van der Waals surface area (Å²) in [5.74, 6) is -1.15. The maximum Gasteiger partial charge on any atom is 1.00 e. The van der Waals surface area contributed by atoms with Gasteiger partial charge in [-0.15, -0.1) is 6.58 Å². The predicted molar refractivity (Wildman–Crippen MR) is 69.3 cm³/mol. The van der Waals surface area contributed by atoms with Gasteiger partial charge in [0, 0.05) is 6.07 Å². The second kappa shape index (κ2) is 10.00. The molecule has 0 radical (unpaired) electrons. The Labute approximate surface area is 159 Å². The molecule has 0 N–H and O–H groups in total. The fourth-order valence-corrected chi connectivity index (χ4v) is 1.65. The summed E-state index contributed by atoms with van der Waals surface area (Å²) in [6.07, 6.45) is 5.06. The van der Waals surface area contributed by atoms with Gasteiger partial charge in [-0.05, 0) is 31.7 Å². The van der Waals surface area contributed by atoms with Crippen molar-refractivity contribution >= 4 is 12.4 Å². The molecule has 0 aliphatic heterocycles. The first kappa shape index (κ1) is 20.2. The van der Waals surface area contributed by atoms with Crippen LogP contribution in [0.2, 0.25) is 0 Å². The quantitative estimate of drug-likeness (QED) is 0.301. The predicted octanol–water partition coefficient (Wildman–Crippen LogP) is 1.01. The smallest absolute Gasteiger partial charge is 0.496 e. The van der Waals surface area contributed by atoms with Gasteiger partial charge >= 0.3 is 58.4 Å². The van der Waals surface area contributed by atoms with Crippen molar-refractivity contribution in [3.05, 3.63) is 36.7 Å². The molecule has 0 heterocycles. The standard InChI is InChI=1S/C13H16BF4O.K/c1-2-3-4-5-6-9-19-13-10-11(15)7-8-12(13)14(16,17)18;/h2,7-8,10H,1,3-6,9H2;/q-1;+1. The molecule has 1 aromatic carbocycles. The molecule has 1 aromatic rings. The number of halogens is 4. The Morgan fingerprint density at radius 1 is 1.15 bits per heavy atom. The molecule has 0 unspecified atom stereocenters. The summed E-state index contributed by atoms with van der Waals surface area (Å²) in [6, 6.07) is 2.30. The minimum atomic E-state index is -5.19. The second-order valence-corrected chi connectivity index (χ2v) is 4.24. The van der Waals surface area contributed by atoms with Crippen LogP contribution in [0.1, 0.15) is 25.7 Å². The maximum absolute atomic E-state index is 13.0. The van der Waals surface area contributed by atoms with Crippen LogP contribution in [-0.2, 0) is 0 Å². The molecule has 0 saturated carbocycles. The molecular weight excluding hydrogens is 298 g/mol. The van der Waals surface area contributed by atoms with Crippen LogP contribution >= 0.6 is 0 Å². The topological polar surface area (TPSA) is 9.23 Å². The van der Waals surface area contributed by atoms with Gasteiger partial charge in [-0.3, -0.25) is 0 Å². The van der Waals surface area contributed by atoms with Crippen LogP contribution < -0.4 is 61.6 Å². The average Bonchev–Trinajstić information content (AvgIpc) is 2.32. The van der Waals surface area contributed by atoms with E-state index in [0.29, 0.717) is 6.42 Å². The van der Waals surface area contributed by atoms with Crippen LogP contribution in [0, 0.1) is 5.82 Å². The molecule has 0 aliphatic rings. The van der Waals surface area contributed by atoms with Crippen LogP contribution in [0.15, 0.2) is 30.9 Å². The van der Waals surface area contributed by atoms with E-state index in [0.717, 1.165) is 37.5 Å². The average molecular weight is 314 g/mol. The molecule has 106 valence electrons. The number of allylic oxidation sites excluding steroid dienone is 1. The molecule has 0 bridgehead atoms. The van der Waals surface area contributed by atoms with Crippen LogP contribution in [-0.4, -0.2) is 13.6 Å². The van der Waals surface area contributed by atoms with Gasteiger partial charge in [-0.25, -0.2) is 4.39 Å². The van der Waals surface area contributed by atoms with Gasteiger partial charge < -0.3 is 17.7 Å². The van der Waals surface area contributed by atoms with Gasteiger partial charge in [-0.2, -0.15) is 0 Å². The summed E-state index contributed by atoms with van der Waals surface area (Å²) in [7, 11) is 0. The number of hydrogen-bond donors (Lipinski definition) is 0. The van der Waals surface area contributed by atoms with Gasteiger partial charge in [0.15, 0.2) is 0 Å². The van der Waals surface area contributed by atoms with E-state index in [1.54, 1.807) is 6.08 Å². The molecule has 0 amide bonds. The van der Waals surface area contributed by atoms with Crippen LogP contribution in [0.5, 0.6) is 5.75 Å². The Kier molecular flexibility index (Phi) is 10.1. The van der Waals surface area contributed by atoms with E-state index in [4.69, 9.17) is 4.74 Å². The molecule has 7 heteroatoms. The van der Waals surface area contributed by atoms with Gasteiger partial charge in [0.2, 0.25) is 0 Å². The van der Waals surface area contributed by atoms with Gasteiger partial charge in [0.1, 0.15) is 5.82 Å². The van der Waals surface area contributed by atoms with Crippen molar-refractivity contribution in [1.29, 1.82) is 0 Å². The molecule has 0 saturated heterocycles. The van der Waals surface area contributed by atoms with E-state index in [1.807, 2.05) is 0 Å². The minimum absolute atomic E-state index is 0. The second-order valence-electron chi connectivity index (χ2n) is 4.24. The van der Waals surface area contributed by atoms with E-state index in [2.05, 4.69) is 6.58 Å². The Morgan fingerprint density at radius 2 is 1.85 bits per heavy atom. The molecule has 0 fully saturated rings. The first-order valence-electron chi connectivity index (χ1n) is 6.18. The molecule has 0 aromatic heterocycles. The summed E-state index contributed by atoms with van der Waals surface area (Å²) in [6.45, 7) is -1.46. The molecule has 0 aliphatic carbocycles. The normalized spacial score (nSPS) is 10.8. The Balaban J connectivity index is 0.00000361. The van der Waals surface area contributed by atoms with E-state index in [9.17, 15) is 17.3 Å². The van der Waals surface area contributed by atoms with Gasteiger partial charge in [-0.1, -0.05) is 17.6 Å². The molecule has 0 atom stereocenters. The molecule has 20 heavy (non-hydrogen) atoms. The number of rotatable bonds is 8. The third-order valence-electron chi connectivity index (χ3n) is 2.64. The van der Waals surface area contributed by atoms with E-state index in [-0.39, 0.29) is 58.0 Å². The third kappa shape index (κ3) is 7.26. The zero-order valence-electron chi connectivity index (χ0n) is 11.5. The van der Waals surface area contributed by atoms with Gasteiger partial charge in [0.05, 0.1) is 12.4 Å². The van der Waals surface area contributed by atoms with Crippen molar-refractivity contribution < 1.29 is 73.5 Å². The zero-order valence-corrected chi connectivity index (χ0v) is 14.7. The fourth-order valence-electron chi connectivity index (χ4n) is 1.65. The van der Waals surface area contributed by atoms with Crippen molar-refractivity contribution in [2.45, 2.75) is 25.7 Å². The largest absolute Gasteiger partial charge is 1.00 e. The third-order valence-corrected chi connectivity index (χ3v) is 2.64. The zero-order chi connectivity index (χ0) is 14.3. The summed E-state index contributed by atoms with van der Waals surface area (Å²) in [4.78, 5) is 0. The van der Waals surface area contributed by atoms with Crippen LogP contribution in [0.25, 0.3) is 0 Å². The first-order valence-corrected chi connectivity index (χ1v) is 6.18. The number of benzene rings is 1. The monoisotopic (exact) mass is 314 g/mol. The number of unbranched alkanes of at least 4 members (excludes halogenated alkanes) is 3. The fraction of sp³-hybridized carbons (Fsp3) is 0.385. The maximum atomic E-state index is 13.0. The van der Waals surface area contributed by atoms with E-state index in [1.165, 1.54) is 0 Å². The Hall–Kier alpha value is 0.181. The Bertz CT molecular complexity index is 423. The van der Waals surface area contributed by atoms with Crippen molar-refractivity contribution in [2.75, 3.05) is 6.61 Å². The van der Waals surface area contributed by atoms with E-state index < -0.39 is 24.0 Å². The van der Waals surface area contributed by atoms with Crippen LogP contribution in [0.3, 0.4) is 0 Å². The first-order chi connectivity index (χ1) is 8.95. The minimum Gasteiger partial charge on any atom is -0.496 e. The Morgan fingerprint density at radius 3 is 2.45 bits per heavy atom. The van der Waals surface area contributed by atoms with Crippen molar-refractivity contribution in [3.63, 3.8) is 0 Å². The van der Waals surface area contributed by atoms with Crippen molar-refractivity contribution in [3.8, 4) is 5.75 Å². The van der Waals surface area contributed by atoms with Gasteiger partial charge in [0.25, 0.3) is 0 Å². The van der Waals surface area contributed by atoms with E-state index >= 15 is 0 Å². The number of ether oxygens (including phenoxy) is 1. The summed E-state index contributed by atoms with van der Waals surface area (Å²) >= 11 is 0. The van der Waals surface area contributed by atoms with Crippen molar-refractivity contribution in [1.82, 2.24) is 0 Å². The van der Waals surface area contributed by atoms with Crippen LogP contribution in [0.4, 0.5) is 17.3 Å². The summed E-state index contributed by atoms with van der Waals surface area (Å²) < 4.78 is 56.1. The molecule has 1 nitrogen and oxygen atoms in total. The molecule has 0 spiro atoms. The summed E-state index contributed by atoms with van der Waals surface area (Å²) in [5.41, 5.74) is -0.882. The molecular formula is C13H16BF4KO. The SMILES string of the molecule is C=CCCCCCOc1cc(F)ccc1[B-](F)(F)F.[K+]. The van der Waals surface area contributed by atoms with Crippen molar-refractivity contribution in [2.24, 2.45) is 0 Å².